The molecular weight excluding hydrogens is 326 g/mol. The van der Waals surface area contributed by atoms with Gasteiger partial charge in [0.1, 0.15) is 0 Å². The summed E-state index contributed by atoms with van der Waals surface area (Å²) in [6, 6.07) is 7.01. The molecule has 0 atom stereocenters. The standard InChI is InChI=1S/C21H25N3O2/c1-13-7-15(3)20(16(4)8-13)22-11-19(24(25)26)12-23-21-17(5)9-14(2)10-18(21)6/h7-12,19H,1-6H3. The molecule has 5 nitrogen and oxygen atoms in total. The molecule has 0 saturated heterocycles. The second kappa shape index (κ2) is 8.04. The molecule has 5 heteroatoms. The fraction of sp³-hybridized carbons (Fsp3) is 0.333. The van der Waals surface area contributed by atoms with Gasteiger partial charge in [0.25, 0.3) is 6.04 Å². The first kappa shape index (κ1) is 19.5. The van der Waals surface area contributed by atoms with E-state index >= 15 is 0 Å². The van der Waals surface area contributed by atoms with E-state index in [-0.39, 0.29) is 4.92 Å². The van der Waals surface area contributed by atoms with Crippen LogP contribution in [0, 0.1) is 51.7 Å². The maximum atomic E-state index is 11.4. The van der Waals surface area contributed by atoms with Crippen molar-refractivity contribution in [1.82, 2.24) is 0 Å². The van der Waals surface area contributed by atoms with Crippen LogP contribution in [0.3, 0.4) is 0 Å². The normalized spacial score (nSPS) is 12.8. The number of rotatable bonds is 5. The number of nitro groups is 1. The second-order valence-electron chi connectivity index (χ2n) is 6.83. The van der Waals surface area contributed by atoms with Crippen LogP contribution in [0.2, 0.25) is 0 Å². The molecular formula is C21H25N3O2. The summed E-state index contributed by atoms with van der Waals surface area (Å²) in [4.78, 5) is 19.8. The van der Waals surface area contributed by atoms with E-state index in [2.05, 4.69) is 9.98 Å². The van der Waals surface area contributed by atoms with E-state index in [1.807, 2.05) is 65.8 Å². The van der Waals surface area contributed by atoms with E-state index in [0.29, 0.717) is 0 Å². The van der Waals surface area contributed by atoms with Crippen molar-refractivity contribution in [3.63, 3.8) is 0 Å². The minimum atomic E-state index is -1.07. The number of aryl methyl sites for hydroxylation is 6. The van der Waals surface area contributed by atoms with Crippen molar-refractivity contribution in [2.45, 2.75) is 47.6 Å². The monoisotopic (exact) mass is 351 g/mol. The van der Waals surface area contributed by atoms with Crippen molar-refractivity contribution in [2.24, 2.45) is 9.98 Å². The molecule has 0 radical (unpaired) electrons. The Labute approximate surface area is 154 Å². The second-order valence-corrected chi connectivity index (χ2v) is 6.83. The molecule has 0 amide bonds. The summed E-state index contributed by atoms with van der Waals surface area (Å²) in [7, 11) is 0. The molecule has 0 aliphatic rings. The van der Waals surface area contributed by atoms with E-state index < -0.39 is 6.04 Å². The van der Waals surface area contributed by atoms with Gasteiger partial charge in [-0.1, -0.05) is 35.4 Å². The third kappa shape index (κ3) is 4.63. The Hall–Kier alpha value is -2.82. The van der Waals surface area contributed by atoms with Gasteiger partial charge in [-0.15, -0.1) is 0 Å². The lowest BCUT2D eigenvalue weighted by Gasteiger charge is -2.08. The van der Waals surface area contributed by atoms with Gasteiger partial charge in [0.05, 0.1) is 23.8 Å². The highest BCUT2D eigenvalue weighted by Crippen LogP contribution is 2.26. The number of aliphatic imine (C=N–C) groups is 2. The van der Waals surface area contributed by atoms with Crippen LogP contribution in [0.4, 0.5) is 11.4 Å². The molecule has 2 aromatic rings. The van der Waals surface area contributed by atoms with E-state index in [1.54, 1.807) is 0 Å². The number of hydrogen-bond donors (Lipinski definition) is 0. The van der Waals surface area contributed by atoms with Crippen LogP contribution in [0.5, 0.6) is 0 Å². The van der Waals surface area contributed by atoms with Crippen LogP contribution < -0.4 is 0 Å². The van der Waals surface area contributed by atoms with Crippen LogP contribution in [-0.2, 0) is 0 Å². The molecule has 0 fully saturated rings. The molecule has 0 spiro atoms. The summed E-state index contributed by atoms with van der Waals surface area (Å²) < 4.78 is 0. The minimum absolute atomic E-state index is 0.384. The van der Waals surface area contributed by atoms with Gasteiger partial charge in [0, 0.05) is 4.92 Å². The fourth-order valence-electron chi connectivity index (χ4n) is 3.20. The maximum absolute atomic E-state index is 11.4. The Morgan fingerprint density at radius 2 is 1.08 bits per heavy atom. The first-order valence-corrected chi connectivity index (χ1v) is 8.56. The molecule has 0 bridgehead atoms. The van der Waals surface area contributed by atoms with Crippen LogP contribution in [0.15, 0.2) is 34.3 Å². The molecule has 136 valence electrons. The van der Waals surface area contributed by atoms with E-state index in [9.17, 15) is 10.1 Å². The van der Waals surface area contributed by atoms with Crippen molar-refractivity contribution in [1.29, 1.82) is 0 Å². The Morgan fingerprint density at radius 3 is 1.35 bits per heavy atom. The third-order valence-electron chi connectivity index (χ3n) is 4.23. The number of hydrogen-bond acceptors (Lipinski definition) is 4. The Balaban J connectivity index is 2.32. The summed E-state index contributed by atoms with van der Waals surface area (Å²) in [5.41, 5.74) is 7.86. The van der Waals surface area contributed by atoms with E-state index in [1.165, 1.54) is 12.4 Å². The molecule has 2 aromatic carbocycles. The smallest absolute Gasteiger partial charge is 0.263 e. The average molecular weight is 351 g/mol. The van der Waals surface area contributed by atoms with Crippen molar-refractivity contribution in [3.8, 4) is 0 Å². The lowest BCUT2D eigenvalue weighted by atomic mass is 10.1. The Bertz CT molecular complexity index is 785. The summed E-state index contributed by atoms with van der Waals surface area (Å²) in [5, 5.41) is 11.4. The number of nitrogens with zero attached hydrogens (tertiary/aromatic N) is 3. The molecule has 0 aromatic heterocycles. The minimum Gasteiger partial charge on any atom is -0.263 e. The van der Waals surface area contributed by atoms with Crippen LogP contribution in [-0.4, -0.2) is 23.4 Å². The van der Waals surface area contributed by atoms with Gasteiger partial charge < -0.3 is 0 Å². The summed E-state index contributed by atoms with van der Waals surface area (Å²) in [5.74, 6) is 0. The van der Waals surface area contributed by atoms with Gasteiger partial charge in [0.2, 0.25) is 0 Å². The third-order valence-corrected chi connectivity index (χ3v) is 4.23. The Morgan fingerprint density at radius 1 is 0.769 bits per heavy atom. The largest absolute Gasteiger partial charge is 0.282 e. The van der Waals surface area contributed by atoms with Crippen LogP contribution in [0.1, 0.15) is 33.4 Å². The van der Waals surface area contributed by atoms with Crippen LogP contribution >= 0.6 is 0 Å². The lowest BCUT2D eigenvalue weighted by molar-refractivity contribution is -0.482. The molecule has 0 heterocycles. The average Bonchev–Trinajstić information content (AvgIpc) is 2.50. The SMILES string of the molecule is Cc1cc(C)c(N=CC(C=Nc2c(C)cc(C)cc2C)[N+](=O)[O-])c(C)c1. The predicted molar refractivity (Wildman–Crippen MR) is 108 cm³/mol. The first-order valence-electron chi connectivity index (χ1n) is 8.56. The quantitative estimate of drug-likeness (QED) is 0.417. The van der Waals surface area contributed by atoms with Gasteiger partial charge >= 0.3 is 0 Å². The molecule has 0 aliphatic carbocycles. The highest BCUT2D eigenvalue weighted by atomic mass is 16.6. The molecule has 0 N–H and O–H groups in total. The zero-order valence-corrected chi connectivity index (χ0v) is 16.2. The summed E-state index contributed by atoms with van der Waals surface area (Å²) in [6.45, 7) is 11.9. The van der Waals surface area contributed by atoms with E-state index in [4.69, 9.17) is 0 Å². The zero-order chi connectivity index (χ0) is 19.4. The van der Waals surface area contributed by atoms with Crippen molar-refractivity contribution >= 4 is 23.8 Å². The van der Waals surface area contributed by atoms with Gasteiger partial charge in [0.15, 0.2) is 0 Å². The zero-order valence-electron chi connectivity index (χ0n) is 16.2. The van der Waals surface area contributed by atoms with Gasteiger partial charge in [-0.2, -0.15) is 0 Å². The fourth-order valence-corrected chi connectivity index (χ4v) is 3.20. The summed E-state index contributed by atoms with van der Waals surface area (Å²) in [6.07, 6.45) is 2.71. The first-order chi connectivity index (χ1) is 12.2. The molecule has 0 unspecified atom stereocenters. The molecule has 0 aliphatic heterocycles. The molecule has 26 heavy (non-hydrogen) atoms. The van der Waals surface area contributed by atoms with Crippen molar-refractivity contribution in [3.05, 3.63) is 67.8 Å². The van der Waals surface area contributed by atoms with Crippen molar-refractivity contribution in [2.75, 3.05) is 0 Å². The van der Waals surface area contributed by atoms with Gasteiger partial charge in [-0.05, 0) is 63.8 Å². The summed E-state index contributed by atoms with van der Waals surface area (Å²) >= 11 is 0. The highest BCUT2D eigenvalue weighted by molar-refractivity contribution is 5.89. The maximum Gasteiger partial charge on any atom is 0.282 e. The molecule has 2 rings (SSSR count). The van der Waals surface area contributed by atoms with Crippen LogP contribution in [0.25, 0.3) is 0 Å². The van der Waals surface area contributed by atoms with Gasteiger partial charge in [-0.25, -0.2) is 0 Å². The van der Waals surface area contributed by atoms with Crippen molar-refractivity contribution < 1.29 is 4.92 Å². The topological polar surface area (TPSA) is 67.9 Å². The Kier molecular flexibility index (Phi) is 6.03. The highest BCUT2D eigenvalue weighted by Gasteiger charge is 2.15. The number of benzene rings is 2. The predicted octanol–water partition coefficient (Wildman–Crippen LogP) is 5.29. The van der Waals surface area contributed by atoms with E-state index in [0.717, 1.165) is 44.8 Å². The van der Waals surface area contributed by atoms with Gasteiger partial charge in [-0.3, -0.25) is 20.1 Å². The lowest BCUT2D eigenvalue weighted by Crippen LogP contribution is -2.22. The molecule has 0 saturated carbocycles.